The van der Waals surface area contributed by atoms with Gasteiger partial charge in [-0.3, -0.25) is 9.59 Å². The lowest BCUT2D eigenvalue weighted by Gasteiger charge is -2.14. The summed E-state index contributed by atoms with van der Waals surface area (Å²) in [6.07, 6.45) is 0. The van der Waals surface area contributed by atoms with Gasteiger partial charge in [0.2, 0.25) is 0 Å². The summed E-state index contributed by atoms with van der Waals surface area (Å²) in [7, 11) is 0. The minimum atomic E-state index is -0.402. The molecule has 6 nitrogen and oxygen atoms in total. The first-order valence-electron chi connectivity index (χ1n) is 10.3. The number of hydrogen-bond donors (Lipinski definition) is 2. The highest BCUT2D eigenvalue weighted by Crippen LogP contribution is 2.28. The van der Waals surface area contributed by atoms with Crippen molar-refractivity contribution in [2.45, 2.75) is 33.3 Å². The van der Waals surface area contributed by atoms with Gasteiger partial charge < -0.3 is 15.4 Å². The largest absolute Gasteiger partial charge is 0.486 e. The van der Waals surface area contributed by atoms with E-state index in [9.17, 15) is 14.0 Å². The smallest absolute Gasteiger partial charge is 0.270 e. The lowest BCUT2D eigenvalue weighted by atomic mass is 10.0. The lowest BCUT2D eigenvalue weighted by Crippen LogP contribution is -2.34. The fraction of sp³-hybridized carbons (Fsp3) is 0.292. The minimum Gasteiger partial charge on any atom is -0.486 e. The van der Waals surface area contributed by atoms with Crippen molar-refractivity contribution < 1.29 is 18.7 Å². The van der Waals surface area contributed by atoms with E-state index >= 15 is 0 Å². The van der Waals surface area contributed by atoms with Crippen LogP contribution in [0.25, 0.3) is 0 Å². The van der Waals surface area contributed by atoms with Gasteiger partial charge in [0.25, 0.3) is 11.8 Å². The molecule has 0 spiro atoms. The molecule has 0 aliphatic heterocycles. The zero-order chi connectivity index (χ0) is 23.1. The van der Waals surface area contributed by atoms with Gasteiger partial charge in [-0.05, 0) is 54.3 Å². The molecule has 0 saturated carbocycles. The number of rotatable bonds is 9. The molecule has 2 amide bonds. The Balaban J connectivity index is 1.46. The lowest BCUT2D eigenvalue weighted by molar-refractivity contribution is 0.0925. The molecular weight excluding hydrogens is 429 g/mol. The Morgan fingerprint density at radius 3 is 2.44 bits per heavy atom. The molecule has 2 aromatic carbocycles. The number of aryl methyl sites for hydroxylation is 1. The van der Waals surface area contributed by atoms with Crippen molar-refractivity contribution in [3.05, 3.63) is 81.1 Å². The van der Waals surface area contributed by atoms with Crippen LogP contribution in [-0.2, 0) is 6.61 Å². The molecule has 1 heterocycles. The van der Waals surface area contributed by atoms with Crippen LogP contribution in [0.4, 0.5) is 4.39 Å². The molecule has 3 aromatic rings. The highest BCUT2D eigenvalue weighted by Gasteiger charge is 2.13. The SMILES string of the molecule is Cc1ccc(C(C)C)c(OCc2nc(C(=O)NCCNC(=O)c3ccc(F)cc3)cs2)c1. The van der Waals surface area contributed by atoms with Crippen molar-refractivity contribution in [1.29, 1.82) is 0 Å². The summed E-state index contributed by atoms with van der Waals surface area (Å²) in [4.78, 5) is 28.6. The molecule has 0 unspecified atom stereocenters. The number of hydrogen-bond acceptors (Lipinski definition) is 5. The number of aromatic nitrogens is 1. The van der Waals surface area contributed by atoms with Crippen LogP contribution in [-0.4, -0.2) is 29.9 Å². The van der Waals surface area contributed by atoms with E-state index in [2.05, 4.69) is 41.6 Å². The van der Waals surface area contributed by atoms with Crippen molar-refractivity contribution in [2.24, 2.45) is 0 Å². The van der Waals surface area contributed by atoms with Crippen LogP contribution in [0.5, 0.6) is 5.75 Å². The Bertz CT molecular complexity index is 1080. The standard InChI is InChI=1S/C24H26FN3O3S/c1-15(2)19-9-4-16(3)12-21(19)31-13-22-28-20(14-32-22)24(30)27-11-10-26-23(29)17-5-7-18(25)8-6-17/h4-9,12,14-15H,10-11,13H2,1-3H3,(H,26,29)(H,27,30). The zero-order valence-electron chi connectivity index (χ0n) is 18.3. The molecule has 0 radical (unpaired) electrons. The maximum atomic E-state index is 12.9. The summed E-state index contributed by atoms with van der Waals surface area (Å²) >= 11 is 1.36. The number of benzene rings is 2. The quantitative estimate of drug-likeness (QED) is 0.467. The van der Waals surface area contributed by atoms with Crippen molar-refractivity contribution in [3.8, 4) is 5.75 Å². The third kappa shape index (κ3) is 6.37. The molecule has 168 valence electrons. The molecule has 0 aliphatic carbocycles. The average molecular weight is 456 g/mol. The van der Waals surface area contributed by atoms with Gasteiger partial charge in [0, 0.05) is 24.0 Å². The number of amides is 2. The third-order valence-electron chi connectivity index (χ3n) is 4.73. The Hall–Kier alpha value is -3.26. The summed E-state index contributed by atoms with van der Waals surface area (Å²) < 4.78 is 18.9. The zero-order valence-corrected chi connectivity index (χ0v) is 19.1. The molecule has 0 bridgehead atoms. The second kappa shape index (κ2) is 10.9. The Labute approximate surface area is 190 Å². The molecule has 0 saturated heterocycles. The Morgan fingerprint density at radius 1 is 1.06 bits per heavy atom. The van der Waals surface area contributed by atoms with Crippen LogP contribution in [0, 0.1) is 12.7 Å². The first-order valence-corrected chi connectivity index (χ1v) is 11.2. The number of thiazole rings is 1. The van der Waals surface area contributed by atoms with E-state index < -0.39 is 5.82 Å². The number of ether oxygens (including phenoxy) is 1. The van der Waals surface area contributed by atoms with Gasteiger partial charge in [0.1, 0.15) is 28.9 Å². The number of carbonyl (C=O) groups excluding carboxylic acids is 2. The maximum absolute atomic E-state index is 12.9. The van der Waals surface area contributed by atoms with Crippen molar-refractivity contribution >= 4 is 23.2 Å². The minimum absolute atomic E-state index is 0.243. The van der Waals surface area contributed by atoms with Crippen LogP contribution >= 0.6 is 11.3 Å². The molecular formula is C24H26FN3O3S. The predicted octanol–water partition coefficient (Wildman–Crippen LogP) is 4.45. The number of halogens is 1. The van der Waals surface area contributed by atoms with Gasteiger partial charge in [-0.1, -0.05) is 26.0 Å². The molecule has 0 atom stereocenters. The molecule has 0 fully saturated rings. The van der Waals surface area contributed by atoms with Crippen LogP contribution in [0.3, 0.4) is 0 Å². The fourth-order valence-electron chi connectivity index (χ4n) is 3.01. The van der Waals surface area contributed by atoms with E-state index in [0.717, 1.165) is 16.9 Å². The Kier molecular flexibility index (Phi) is 7.94. The first-order chi connectivity index (χ1) is 15.3. The predicted molar refractivity (Wildman–Crippen MR) is 123 cm³/mol. The monoisotopic (exact) mass is 455 g/mol. The van der Waals surface area contributed by atoms with Crippen molar-refractivity contribution in [2.75, 3.05) is 13.1 Å². The molecule has 0 aliphatic rings. The average Bonchev–Trinajstić information content (AvgIpc) is 3.24. The maximum Gasteiger partial charge on any atom is 0.270 e. The van der Waals surface area contributed by atoms with Gasteiger partial charge in [0.15, 0.2) is 0 Å². The summed E-state index contributed by atoms with van der Waals surface area (Å²) in [5.74, 6) is 0.122. The van der Waals surface area contributed by atoms with E-state index in [-0.39, 0.29) is 31.5 Å². The van der Waals surface area contributed by atoms with E-state index in [1.165, 1.54) is 35.6 Å². The number of nitrogens with one attached hydrogen (secondary N) is 2. The fourth-order valence-corrected chi connectivity index (χ4v) is 3.70. The third-order valence-corrected chi connectivity index (χ3v) is 5.55. The first kappa shape index (κ1) is 23.4. The molecule has 8 heteroatoms. The van der Waals surface area contributed by atoms with Gasteiger partial charge in [-0.2, -0.15) is 0 Å². The second-order valence-electron chi connectivity index (χ2n) is 7.63. The van der Waals surface area contributed by atoms with Crippen molar-refractivity contribution in [1.82, 2.24) is 15.6 Å². The normalized spacial score (nSPS) is 10.8. The van der Waals surface area contributed by atoms with Crippen LogP contribution in [0.2, 0.25) is 0 Å². The van der Waals surface area contributed by atoms with Gasteiger partial charge in [0.05, 0.1) is 0 Å². The molecule has 2 N–H and O–H groups in total. The van der Waals surface area contributed by atoms with E-state index in [1.807, 2.05) is 13.0 Å². The topological polar surface area (TPSA) is 80.3 Å². The second-order valence-corrected chi connectivity index (χ2v) is 8.57. The van der Waals surface area contributed by atoms with Crippen LogP contribution in [0.15, 0.2) is 47.8 Å². The number of nitrogens with zero attached hydrogens (tertiary/aromatic N) is 1. The summed E-state index contributed by atoms with van der Waals surface area (Å²) in [5.41, 5.74) is 2.92. The van der Waals surface area contributed by atoms with Gasteiger partial charge >= 0.3 is 0 Å². The molecule has 3 rings (SSSR count). The molecule has 32 heavy (non-hydrogen) atoms. The Morgan fingerprint density at radius 2 is 1.75 bits per heavy atom. The van der Waals surface area contributed by atoms with Crippen LogP contribution < -0.4 is 15.4 Å². The van der Waals surface area contributed by atoms with Crippen molar-refractivity contribution in [3.63, 3.8) is 0 Å². The number of carbonyl (C=O) groups is 2. The van der Waals surface area contributed by atoms with E-state index in [4.69, 9.17) is 4.74 Å². The highest BCUT2D eigenvalue weighted by molar-refractivity contribution is 7.09. The van der Waals surface area contributed by atoms with E-state index in [0.29, 0.717) is 22.2 Å². The van der Waals surface area contributed by atoms with Crippen LogP contribution in [0.1, 0.15) is 56.7 Å². The molecule has 1 aromatic heterocycles. The summed E-state index contributed by atoms with van der Waals surface area (Å²) in [6, 6.07) is 11.4. The highest BCUT2D eigenvalue weighted by atomic mass is 32.1. The van der Waals surface area contributed by atoms with Gasteiger partial charge in [-0.25, -0.2) is 9.37 Å². The summed E-state index contributed by atoms with van der Waals surface area (Å²) in [6.45, 7) is 7.03. The van der Waals surface area contributed by atoms with E-state index in [1.54, 1.807) is 5.38 Å². The van der Waals surface area contributed by atoms with Gasteiger partial charge in [-0.15, -0.1) is 11.3 Å². The summed E-state index contributed by atoms with van der Waals surface area (Å²) in [5, 5.41) is 7.79.